The molecule has 0 aliphatic carbocycles. The summed E-state index contributed by atoms with van der Waals surface area (Å²) in [6.07, 6.45) is 1.07. The zero-order chi connectivity index (χ0) is 14.4. The maximum Gasteiger partial charge on any atom is 0.323 e. The van der Waals surface area contributed by atoms with E-state index in [1.54, 1.807) is 0 Å². The lowest BCUT2D eigenvalue weighted by Crippen LogP contribution is -2.30. The average Bonchev–Trinajstić information content (AvgIpc) is 2.36. The summed E-state index contributed by atoms with van der Waals surface area (Å²) >= 11 is 0. The molecular formula is C13H25N5O. The molecule has 1 unspecified atom stereocenters. The molecule has 6 heteroatoms. The van der Waals surface area contributed by atoms with Gasteiger partial charge >= 0.3 is 6.01 Å². The lowest BCUT2D eigenvalue weighted by Gasteiger charge is -2.24. The Labute approximate surface area is 115 Å². The van der Waals surface area contributed by atoms with Gasteiger partial charge in [-0.2, -0.15) is 15.0 Å². The third-order valence-corrected chi connectivity index (χ3v) is 2.85. The Bertz CT molecular complexity index is 397. The van der Waals surface area contributed by atoms with E-state index in [0.717, 1.165) is 13.0 Å². The Balaban J connectivity index is 3.04. The fraction of sp³-hybridized carbons (Fsp3) is 0.769. The monoisotopic (exact) mass is 267 g/mol. The van der Waals surface area contributed by atoms with Gasteiger partial charge in [0.1, 0.15) is 0 Å². The van der Waals surface area contributed by atoms with E-state index >= 15 is 0 Å². The largest absolute Gasteiger partial charge is 0.461 e. The number of aromatic nitrogens is 3. The molecule has 1 N–H and O–H groups in total. The Hall–Kier alpha value is -1.59. The summed E-state index contributed by atoms with van der Waals surface area (Å²) in [7, 11) is 1.98. The number of nitrogens with one attached hydrogen (secondary N) is 1. The van der Waals surface area contributed by atoms with Gasteiger partial charge in [0.25, 0.3) is 0 Å². The third-order valence-electron chi connectivity index (χ3n) is 2.85. The van der Waals surface area contributed by atoms with Crippen LogP contribution in [0.4, 0.5) is 11.9 Å². The molecule has 0 fully saturated rings. The minimum Gasteiger partial charge on any atom is -0.461 e. The van der Waals surface area contributed by atoms with Crippen molar-refractivity contribution in [2.24, 2.45) is 0 Å². The average molecular weight is 267 g/mol. The molecule has 19 heavy (non-hydrogen) atoms. The van der Waals surface area contributed by atoms with Crippen LogP contribution in [-0.4, -0.2) is 40.7 Å². The molecule has 0 bridgehead atoms. The van der Waals surface area contributed by atoms with Gasteiger partial charge in [-0.1, -0.05) is 6.92 Å². The van der Waals surface area contributed by atoms with Crippen molar-refractivity contribution in [3.63, 3.8) is 0 Å². The molecule has 0 saturated carbocycles. The standard InChI is InChI=1S/C13H25N5O/c1-7-10(5)18(6)12-15-11(14-8-2)16-13(17-12)19-9(3)4/h9-10H,7-8H2,1-6H3,(H,14,15,16,17). The molecule has 0 radical (unpaired) electrons. The lowest BCUT2D eigenvalue weighted by atomic mass is 10.2. The number of hydrogen-bond acceptors (Lipinski definition) is 6. The highest BCUT2D eigenvalue weighted by molar-refractivity contribution is 5.38. The Morgan fingerprint density at radius 2 is 1.84 bits per heavy atom. The van der Waals surface area contributed by atoms with Crippen molar-refractivity contribution >= 4 is 11.9 Å². The van der Waals surface area contributed by atoms with Crippen LogP contribution < -0.4 is 15.0 Å². The van der Waals surface area contributed by atoms with E-state index in [0.29, 0.717) is 23.9 Å². The van der Waals surface area contributed by atoms with Gasteiger partial charge in [0.05, 0.1) is 6.10 Å². The van der Waals surface area contributed by atoms with Crippen LogP contribution in [0.1, 0.15) is 41.0 Å². The van der Waals surface area contributed by atoms with E-state index in [9.17, 15) is 0 Å². The third kappa shape index (κ3) is 4.54. The summed E-state index contributed by atoms with van der Waals surface area (Å²) in [5.74, 6) is 1.19. The van der Waals surface area contributed by atoms with Crippen molar-refractivity contribution < 1.29 is 4.74 Å². The summed E-state index contributed by atoms with van der Waals surface area (Å²) in [6.45, 7) is 10.9. The molecule has 1 rings (SSSR count). The minimum absolute atomic E-state index is 0.0404. The van der Waals surface area contributed by atoms with Crippen LogP contribution in [0, 0.1) is 0 Å². The van der Waals surface area contributed by atoms with Gasteiger partial charge in [0.2, 0.25) is 11.9 Å². The molecule has 6 nitrogen and oxygen atoms in total. The van der Waals surface area contributed by atoms with E-state index in [2.05, 4.69) is 34.1 Å². The maximum atomic E-state index is 5.58. The van der Waals surface area contributed by atoms with Gasteiger partial charge < -0.3 is 15.0 Å². The second kappa shape index (κ2) is 7.11. The molecule has 0 aliphatic rings. The van der Waals surface area contributed by atoms with Gasteiger partial charge in [0.15, 0.2) is 0 Å². The molecule has 1 atom stereocenters. The van der Waals surface area contributed by atoms with E-state index < -0.39 is 0 Å². The second-order valence-corrected chi connectivity index (χ2v) is 4.81. The van der Waals surface area contributed by atoms with Gasteiger partial charge in [0, 0.05) is 19.6 Å². The zero-order valence-corrected chi connectivity index (χ0v) is 12.8. The zero-order valence-electron chi connectivity index (χ0n) is 12.8. The SMILES string of the molecule is CCNc1nc(OC(C)C)nc(N(C)C(C)CC)n1. The van der Waals surface area contributed by atoms with Crippen LogP contribution in [0.2, 0.25) is 0 Å². The molecule has 1 aromatic heterocycles. The van der Waals surface area contributed by atoms with Crippen molar-refractivity contribution in [3.8, 4) is 6.01 Å². The molecule has 0 aliphatic heterocycles. The first-order chi connectivity index (χ1) is 8.97. The van der Waals surface area contributed by atoms with Crippen molar-refractivity contribution in [2.45, 2.75) is 53.2 Å². The van der Waals surface area contributed by atoms with Gasteiger partial charge in [-0.25, -0.2) is 0 Å². The van der Waals surface area contributed by atoms with Gasteiger partial charge in [-0.15, -0.1) is 0 Å². The second-order valence-electron chi connectivity index (χ2n) is 4.81. The normalized spacial score (nSPS) is 12.4. The predicted molar refractivity (Wildman–Crippen MR) is 77.9 cm³/mol. The number of anilines is 2. The predicted octanol–water partition coefficient (Wildman–Crippen LogP) is 2.33. The van der Waals surface area contributed by atoms with Crippen LogP contribution in [-0.2, 0) is 0 Å². The number of ether oxygens (including phenoxy) is 1. The molecule has 0 saturated heterocycles. The first-order valence-electron chi connectivity index (χ1n) is 6.87. The number of nitrogens with zero attached hydrogens (tertiary/aromatic N) is 4. The van der Waals surface area contributed by atoms with Crippen molar-refractivity contribution in [1.82, 2.24) is 15.0 Å². The first kappa shape index (κ1) is 15.5. The summed E-state index contributed by atoms with van der Waals surface area (Å²) < 4.78 is 5.58. The Kier molecular flexibility index (Phi) is 5.79. The van der Waals surface area contributed by atoms with E-state index in [4.69, 9.17) is 4.74 Å². The summed E-state index contributed by atoms with van der Waals surface area (Å²) in [6, 6.07) is 0.731. The lowest BCUT2D eigenvalue weighted by molar-refractivity contribution is 0.222. The highest BCUT2D eigenvalue weighted by atomic mass is 16.5. The summed E-state index contributed by atoms with van der Waals surface area (Å²) in [5.41, 5.74) is 0. The van der Waals surface area contributed by atoms with Crippen LogP contribution >= 0.6 is 0 Å². The van der Waals surface area contributed by atoms with E-state index in [1.165, 1.54) is 0 Å². The smallest absolute Gasteiger partial charge is 0.323 e. The van der Waals surface area contributed by atoms with Gasteiger partial charge in [-0.3, -0.25) is 0 Å². The topological polar surface area (TPSA) is 63.2 Å². The fourth-order valence-corrected chi connectivity index (χ4v) is 1.48. The number of rotatable bonds is 7. The summed E-state index contributed by atoms with van der Waals surface area (Å²) in [5, 5.41) is 3.10. The van der Waals surface area contributed by atoms with Crippen LogP contribution in [0.3, 0.4) is 0 Å². The van der Waals surface area contributed by atoms with Crippen LogP contribution in [0.25, 0.3) is 0 Å². The fourth-order valence-electron chi connectivity index (χ4n) is 1.48. The molecule has 0 spiro atoms. The molecule has 0 aromatic carbocycles. The van der Waals surface area contributed by atoms with Crippen LogP contribution in [0.5, 0.6) is 6.01 Å². The Morgan fingerprint density at radius 3 is 2.37 bits per heavy atom. The van der Waals surface area contributed by atoms with Crippen molar-refractivity contribution in [1.29, 1.82) is 0 Å². The quantitative estimate of drug-likeness (QED) is 0.818. The molecule has 1 heterocycles. The molecule has 1 aromatic rings. The molecular weight excluding hydrogens is 242 g/mol. The van der Waals surface area contributed by atoms with Crippen molar-refractivity contribution in [3.05, 3.63) is 0 Å². The highest BCUT2D eigenvalue weighted by Gasteiger charge is 2.15. The molecule has 108 valence electrons. The summed E-state index contributed by atoms with van der Waals surface area (Å²) in [4.78, 5) is 15.1. The Morgan fingerprint density at radius 1 is 1.16 bits per heavy atom. The molecule has 0 amide bonds. The van der Waals surface area contributed by atoms with E-state index in [1.807, 2.05) is 32.7 Å². The number of hydrogen-bond donors (Lipinski definition) is 1. The van der Waals surface area contributed by atoms with Crippen LogP contribution in [0.15, 0.2) is 0 Å². The van der Waals surface area contributed by atoms with Gasteiger partial charge in [-0.05, 0) is 34.1 Å². The minimum atomic E-state index is 0.0404. The van der Waals surface area contributed by atoms with E-state index in [-0.39, 0.29) is 6.10 Å². The first-order valence-corrected chi connectivity index (χ1v) is 6.87. The highest BCUT2D eigenvalue weighted by Crippen LogP contribution is 2.17. The maximum absolute atomic E-state index is 5.58. The van der Waals surface area contributed by atoms with Crippen molar-refractivity contribution in [2.75, 3.05) is 23.8 Å².